The van der Waals surface area contributed by atoms with E-state index in [4.69, 9.17) is 4.74 Å². The molecule has 0 radical (unpaired) electrons. The van der Waals surface area contributed by atoms with Crippen molar-refractivity contribution in [1.29, 1.82) is 0 Å². The fourth-order valence-corrected chi connectivity index (χ4v) is 2.04. The Kier molecular flexibility index (Phi) is 5.93. The first-order chi connectivity index (χ1) is 8.56. The van der Waals surface area contributed by atoms with Gasteiger partial charge in [-0.15, -0.1) is 0 Å². The van der Waals surface area contributed by atoms with E-state index in [2.05, 4.69) is 9.99 Å². The molecule has 2 amide bonds. The molecule has 1 heterocycles. The van der Waals surface area contributed by atoms with Gasteiger partial charge < -0.3 is 14.5 Å². The molecular weight excluding hydrogens is 258 g/mol. The molecule has 0 saturated carbocycles. The number of carbonyl (C=O) groups is 2. The predicted octanol–water partition coefficient (Wildman–Crippen LogP) is 0.220. The second kappa shape index (κ2) is 7.22. The van der Waals surface area contributed by atoms with Crippen molar-refractivity contribution in [2.75, 3.05) is 46.7 Å². The van der Waals surface area contributed by atoms with E-state index in [0.717, 1.165) is 5.75 Å². The summed E-state index contributed by atoms with van der Waals surface area (Å²) in [6.45, 7) is 1.63. The van der Waals surface area contributed by atoms with E-state index < -0.39 is 6.09 Å². The van der Waals surface area contributed by atoms with Crippen LogP contribution < -0.4 is 0 Å². The minimum Gasteiger partial charge on any atom is -0.383 e. The van der Waals surface area contributed by atoms with Crippen molar-refractivity contribution in [3.63, 3.8) is 0 Å². The molecule has 0 unspecified atom stereocenters. The average Bonchev–Trinajstić information content (AvgIpc) is 2.35. The van der Waals surface area contributed by atoms with Crippen molar-refractivity contribution in [2.24, 2.45) is 5.16 Å². The van der Waals surface area contributed by atoms with Gasteiger partial charge >= 0.3 is 6.09 Å². The normalized spacial score (nSPS) is 18.1. The maximum atomic E-state index is 11.9. The summed E-state index contributed by atoms with van der Waals surface area (Å²) in [4.78, 5) is 30.6. The van der Waals surface area contributed by atoms with Crippen LogP contribution >= 0.6 is 11.8 Å². The first kappa shape index (κ1) is 14.8. The minimum absolute atomic E-state index is 0.201. The van der Waals surface area contributed by atoms with Crippen LogP contribution in [0.3, 0.4) is 0 Å². The lowest BCUT2D eigenvalue weighted by Crippen LogP contribution is -2.43. The Morgan fingerprint density at radius 1 is 1.56 bits per heavy atom. The average molecular weight is 275 g/mol. The lowest BCUT2D eigenvalue weighted by molar-refractivity contribution is -0.124. The Bertz CT molecular complexity index is 346. The Balaban J connectivity index is 2.57. The van der Waals surface area contributed by atoms with Gasteiger partial charge in [-0.25, -0.2) is 4.79 Å². The Hall–Kier alpha value is -1.28. The van der Waals surface area contributed by atoms with E-state index in [-0.39, 0.29) is 11.0 Å². The van der Waals surface area contributed by atoms with Crippen LogP contribution in [0.2, 0.25) is 0 Å². The van der Waals surface area contributed by atoms with Crippen molar-refractivity contribution in [3.8, 4) is 0 Å². The molecule has 1 rings (SSSR count). The van der Waals surface area contributed by atoms with Gasteiger partial charge in [0, 0.05) is 40.0 Å². The monoisotopic (exact) mass is 275 g/mol. The quantitative estimate of drug-likeness (QED) is 0.542. The first-order valence-electron chi connectivity index (χ1n) is 5.43. The van der Waals surface area contributed by atoms with Crippen molar-refractivity contribution in [3.05, 3.63) is 0 Å². The number of ether oxygens (including phenoxy) is 1. The van der Waals surface area contributed by atoms with Crippen molar-refractivity contribution < 1.29 is 19.2 Å². The van der Waals surface area contributed by atoms with Crippen molar-refractivity contribution >= 4 is 28.8 Å². The summed E-state index contributed by atoms with van der Waals surface area (Å²) in [6.07, 6.45) is -0.607. The summed E-state index contributed by atoms with van der Waals surface area (Å²) < 4.78 is 4.93. The molecule has 0 N–H and O–H groups in total. The highest BCUT2D eigenvalue weighted by molar-refractivity contribution is 8.15. The lowest BCUT2D eigenvalue weighted by Gasteiger charge is -2.26. The van der Waals surface area contributed by atoms with Gasteiger partial charge in [0.15, 0.2) is 0 Å². The highest BCUT2D eigenvalue weighted by Crippen LogP contribution is 2.15. The van der Waals surface area contributed by atoms with E-state index in [1.807, 2.05) is 0 Å². The number of oxime groups is 1. The number of hydrogen-bond donors (Lipinski definition) is 0. The Morgan fingerprint density at radius 2 is 2.28 bits per heavy atom. The fourth-order valence-electron chi connectivity index (χ4n) is 1.19. The third-order valence-electron chi connectivity index (χ3n) is 2.21. The van der Waals surface area contributed by atoms with Crippen molar-refractivity contribution in [1.82, 2.24) is 9.80 Å². The van der Waals surface area contributed by atoms with E-state index in [1.54, 1.807) is 26.1 Å². The number of carbonyl (C=O) groups excluding carboxylic acids is 2. The van der Waals surface area contributed by atoms with Crippen LogP contribution in [0.1, 0.15) is 0 Å². The van der Waals surface area contributed by atoms with Crippen LogP contribution in [0, 0.1) is 0 Å². The molecule has 7 nitrogen and oxygen atoms in total. The van der Waals surface area contributed by atoms with Gasteiger partial charge in [0.2, 0.25) is 5.04 Å². The highest BCUT2D eigenvalue weighted by Gasteiger charge is 2.26. The van der Waals surface area contributed by atoms with Crippen LogP contribution in [0.4, 0.5) is 4.79 Å². The zero-order valence-electron chi connectivity index (χ0n) is 10.7. The van der Waals surface area contributed by atoms with E-state index in [0.29, 0.717) is 19.7 Å². The predicted molar refractivity (Wildman–Crippen MR) is 68.5 cm³/mol. The third-order valence-corrected chi connectivity index (χ3v) is 3.12. The third kappa shape index (κ3) is 4.19. The van der Waals surface area contributed by atoms with Crippen LogP contribution in [0.15, 0.2) is 5.16 Å². The highest BCUT2D eigenvalue weighted by atomic mass is 32.2. The number of nitrogens with zero attached hydrogens (tertiary/aromatic N) is 3. The summed E-state index contributed by atoms with van der Waals surface area (Å²) in [5.41, 5.74) is 0. The SMILES string of the molecule is COCCN1CCSC(=NOC(=O)N(C)C)C1=O. The lowest BCUT2D eigenvalue weighted by atomic mass is 10.4. The molecule has 8 heteroatoms. The molecule has 0 spiro atoms. The standard InChI is InChI=1S/C10H17N3O4S/c1-12(2)10(15)17-11-8-9(14)13(4-6-16-3)5-7-18-8/h4-7H2,1-3H3. The second-order valence-corrected chi connectivity index (χ2v) is 4.87. The topological polar surface area (TPSA) is 71.4 Å². The Labute approximate surface area is 110 Å². The maximum absolute atomic E-state index is 11.9. The van der Waals surface area contributed by atoms with Crippen LogP contribution in [0.5, 0.6) is 0 Å². The molecule has 0 bridgehead atoms. The van der Waals surface area contributed by atoms with Gasteiger partial charge in [-0.05, 0) is 0 Å². The summed E-state index contributed by atoms with van der Waals surface area (Å²) in [5.74, 6) is 0.503. The molecule has 0 aromatic rings. The van der Waals surface area contributed by atoms with Crippen LogP contribution in [-0.2, 0) is 14.4 Å². The maximum Gasteiger partial charge on any atom is 0.435 e. The van der Waals surface area contributed by atoms with E-state index in [1.165, 1.54) is 16.7 Å². The number of amides is 2. The summed E-state index contributed by atoms with van der Waals surface area (Å²) in [7, 11) is 4.67. The van der Waals surface area contributed by atoms with Crippen LogP contribution in [0.25, 0.3) is 0 Å². The molecule has 1 aliphatic rings. The number of methoxy groups -OCH3 is 1. The fraction of sp³-hybridized carbons (Fsp3) is 0.700. The number of thioether (sulfide) groups is 1. The van der Waals surface area contributed by atoms with Crippen LogP contribution in [-0.4, -0.2) is 73.5 Å². The molecule has 0 atom stereocenters. The molecule has 0 aromatic heterocycles. The van der Waals surface area contributed by atoms with Crippen molar-refractivity contribution in [2.45, 2.75) is 0 Å². The molecule has 1 saturated heterocycles. The molecule has 0 aliphatic carbocycles. The van der Waals surface area contributed by atoms with Gasteiger partial charge in [0.05, 0.1) is 6.61 Å². The number of rotatable bonds is 4. The molecular formula is C10H17N3O4S. The van der Waals surface area contributed by atoms with Gasteiger partial charge in [-0.1, -0.05) is 16.9 Å². The van der Waals surface area contributed by atoms with E-state index in [9.17, 15) is 9.59 Å². The van der Waals surface area contributed by atoms with E-state index >= 15 is 0 Å². The molecule has 18 heavy (non-hydrogen) atoms. The van der Waals surface area contributed by atoms with Gasteiger partial charge in [-0.3, -0.25) is 9.63 Å². The second-order valence-electron chi connectivity index (χ2n) is 3.78. The minimum atomic E-state index is -0.607. The summed E-state index contributed by atoms with van der Waals surface area (Å²) in [6, 6.07) is 0. The number of hydrogen-bond acceptors (Lipinski definition) is 6. The zero-order valence-corrected chi connectivity index (χ0v) is 11.5. The first-order valence-corrected chi connectivity index (χ1v) is 6.42. The Morgan fingerprint density at radius 3 is 2.89 bits per heavy atom. The summed E-state index contributed by atoms with van der Waals surface area (Å²) in [5, 5.41) is 3.80. The zero-order chi connectivity index (χ0) is 13.5. The smallest absolute Gasteiger partial charge is 0.383 e. The largest absolute Gasteiger partial charge is 0.435 e. The molecule has 0 aromatic carbocycles. The van der Waals surface area contributed by atoms with Gasteiger partial charge in [-0.2, -0.15) is 0 Å². The van der Waals surface area contributed by atoms with Gasteiger partial charge in [0.1, 0.15) is 0 Å². The van der Waals surface area contributed by atoms with Gasteiger partial charge in [0.25, 0.3) is 5.91 Å². The molecule has 1 fully saturated rings. The molecule has 102 valence electrons. The summed E-state index contributed by atoms with van der Waals surface area (Å²) >= 11 is 1.28. The molecule has 1 aliphatic heterocycles.